The zero-order valence-corrected chi connectivity index (χ0v) is 12.9. The molecule has 0 aliphatic rings. The molecule has 20 heavy (non-hydrogen) atoms. The van der Waals surface area contributed by atoms with E-state index in [4.69, 9.17) is 5.84 Å². The summed E-state index contributed by atoms with van der Waals surface area (Å²) in [5, 5.41) is 0. The zero-order valence-electron chi connectivity index (χ0n) is 12.9. The van der Waals surface area contributed by atoms with E-state index in [2.05, 4.69) is 31.1 Å². The van der Waals surface area contributed by atoms with Crippen molar-refractivity contribution in [3.63, 3.8) is 0 Å². The molecule has 0 spiro atoms. The maximum Gasteiger partial charge on any atom is 0.265 e. The standard InChI is InChI=1S/C16H27N3O/c1-4-5-8-11-19(13(2)3)12-14-9-6-7-10-15(14)16(20)18-17/h6-7,9-10,13H,4-5,8,11-12,17H2,1-3H3,(H,18,20). The molecule has 0 aliphatic heterocycles. The van der Waals surface area contributed by atoms with Gasteiger partial charge in [-0.15, -0.1) is 0 Å². The van der Waals surface area contributed by atoms with E-state index >= 15 is 0 Å². The molecule has 3 N–H and O–H groups in total. The maximum absolute atomic E-state index is 11.8. The van der Waals surface area contributed by atoms with E-state index in [9.17, 15) is 4.79 Å². The van der Waals surface area contributed by atoms with E-state index in [1.807, 2.05) is 24.3 Å². The molecule has 0 saturated carbocycles. The Morgan fingerprint density at radius 1 is 1.30 bits per heavy atom. The van der Waals surface area contributed by atoms with Gasteiger partial charge in [0.05, 0.1) is 0 Å². The number of rotatable bonds is 8. The van der Waals surface area contributed by atoms with Gasteiger partial charge in [0.25, 0.3) is 5.91 Å². The number of nitrogens with zero attached hydrogens (tertiary/aromatic N) is 1. The molecule has 0 unspecified atom stereocenters. The van der Waals surface area contributed by atoms with E-state index in [1.165, 1.54) is 19.3 Å². The number of carbonyl (C=O) groups is 1. The van der Waals surface area contributed by atoms with Gasteiger partial charge in [0, 0.05) is 18.2 Å². The van der Waals surface area contributed by atoms with E-state index in [1.54, 1.807) is 0 Å². The molecular formula is C16H27N3O. The summed E-state index contributed by atoms with van der Waals surface area (Å²) in [5.74, 6) is 5.02. The van der Waals surface area contributed by atoms with Gasteiger partial charge < -0.3 is 0 Å². The summed E-state index contributed by atoms with van der Waals surface area (Å²) in [6.07, 6.45) is 3.66. The Bertz CT molecular complexity index is 418. The topological polar surface area (TPSA) is 58.4 Å². The Balaban J connectivity index is 2.80. The molecule has 0 fully saturated rings. The van der Waals surface area contributed by atoms with Gasteiger partial charge in [-0.1, -0.05) is 38.0 Å². The Morgan fingerprint density at radius 3 is 2.60 bits per heavy atom. The lowest BCUT2D eigenvalue weighted by molar-refractivity contribution is 0.0950. The minimum Gasteiger partial charge on any atom is -0.297 e. The van der Waals surface area contributed by atoms with Crippen molar-refractivity contribution in [2.45, 2.75) is 52.6 Å². The van der Waals surface area contributed by atoms with Gasteiger partial charge in [0.15, 0.2) is 0 Å². The molecule has 0 atom stereocenters. The van der Waals surface area contributed by atoms with Crippen molar-refractivity contribution in [1.29, 1.82) is 0 Å². The quantitative estimate of drug-likeness (QED) is 0.332. The highest BCUT2D eigenvalue weighted by Gasteiger charge is 2.14. The lowest BCUT2D eigenvalue weighted by Crippen LogP contribution is -2.34. The number of nitrogens with two attached hydrogens (primary N) is 1. The second-order valence-corrected chi connectivity index (χ2v) is 5.40. The molecule has 1 amide bonds. The zero-order chi connectivity index (χ0) is 15.0. The van der Waals surface area contributed by atoms with Gasteiger partial charge in [0.1, 0.15) is 0 Å². The highest BCUT2D eigenvalue weighted by molar-refractivity contribution is 5.95. The second-order valence-electron chi connectivity index (χ2n) is 5.40. The molecule has 1 rings (SSSR count). The van der Waals surface area contributed by atoms with Gasteiger partial charge in [-0.25, -0.2) is 5.84 Å². The van der Waals surface area contributed by atoms with Crippen molar-refractivity contribution in [3.05, 3.63) is 35.4 Å². The van der Waals surface area contributed by atoms with E-state index in [0.717, 1.165) is 18.7 Å². The number of hydrazine groups is 1. The van der Waals surface area contributed by atoms with Crippen molar-refractivity contribution < 1.29 is 4.79 Å². The van der Waals surface area contributed by atoms with Crippen molar-refractivity contribution >= 4 is 5.91 Å². The molecule has 1 aromatic rings. The Kier molecular flexibility index (Phi) is 7.26. The number of amides is 1. The fourth-order valence-electron chi connectivity index (χ4n) is 2.26. The normalized spacial score (nSPS) is 11.1. The first-order valence-electron chi connectivity index (χ1n) is 7.43. The Morgan fingerprint density at radius 2 is 2.00 bits per heavy atom. The first-order valence-corrected chi connectivity index (χ1v) is 7.43. The van der Waals surface area contributed by atoms with Crippen LogP contribution in [0.3, 0.4) is 0 Å². The molecule has 112 valence electrons. The molecule has 0 aliphatic carbocycles. The number of hydrogen-bond donors (Lipinski definition) is 2. The second kappa shape index (κ2) is 8.72. The maximum atomic E-state index is 11.8. The lowest BCUT2D eigenvalue weighted by Gasteiger charge is -2.27. The first kappa shape index (κ1) is 16.7. The summed E-state index contributed by atoms with van der Waals surface area (Å²) >= 11 is 0. The number of unbranched alkanes of at least 4 members (excludes halogenated alkanes) is 2. The lowest BCUT2D eigenvalue weighted by atomic mass is 10.1. The summed E-state index contributed by atoms with van der Waals surface area (Å²) in [7, 11) is 0. The van der Waals surface area contributed by atoms with Crippen LogP contribution in [0.4, 0.5) is 0 Å². The monoisotopic (exact) mass is 277 g/mol. The summed E-state index contributed by atoms with van der Waals surface area (Å²) in [6, 6.07) is 8.11. The first-order chi connectivity index (χ1) is 9.60. The minimum atomic E-state index is -0.224. The van der Waals surface area contributed by atoms with Crippen LogP contribution >= 0.6 is 0 Å². The third-order valence-corrected chi connectivity index (χ3v) is 3.55. The molecule has 0 saturated heterocycles. The molecule has 4 nitrogen and oxygen atoms in total. The largest absolute Gasteiger partial charge is 0.297 e. The van der Waals surface area contributed by atoms with Crippen LogP contribution in [0.15, 0.2) is 24.3 Å². The molecular weight excluding hydrogens is 250 g/mol. The van der Waals surface area contributed by atoms with Crippen molar-refractivity contribution in [2.75, 3.05) is 6.54 Å². The fraction of sp³-hybridized carbons (Fsp3) is 0.562. The average Bonchev–Trinajstić information content (AvgIpc) is 2.46. The number of benzene rings is 1. The molecule has 0 heterocycles. The molecule has 4 heteroatoms. The van der Waals surface area contributed by atoms with Crippen LogP contribution in [0.5, 0.6) is 0 Å². The number of nitrogens with one attached hydrogen (secondary N) is 1. The van der Waals surface area contributed by atoms with Gasteiger partial charge in [0.2, 0.25) is 0 Å². The van der Waals surface area contributed by atoms with E-state index < -0.39 is 0 Å². The summed E-state index contributed by atoms with van der Waals surface area (Å²) in [6.45, 7) is 8.44. The van der Waals surface area contributed by atoms with Crippen LogP contribution < -0.4 is 11.3 Å². The number of carbonyl (C=O) groups excluding carboxylic acids is 1. The van der Waals surface area contributed by atoms with E-state index in [0.29, 0.717) is 11.6 Å². The minimum absolute atomic E-state index is 0.224. The van der Waals surface area contributed by atoms with Crippen molar-refractivity contribution in [2.24, 2.45) is 5.84 Å². The molecule has 0 aromatic heterocycles. The summed E-state index contributed by atoms with van der Waals surface area (Å²) in [5.41, 5.74) is 3.91. The van der Waals surface area contributed by atoms with Crippen molar-refractivity contribution in [3.8, 4) is 0 Å². The van der Waals surface area contributed by atoms with Gasteiger partial charge in [-0.05, 0) is 38.4 Å². The Labute approximate surface area is 122 Å². The predicted octanol–water partition coefficient (Wildman–Crippen LogP) is 2.69. The van der Waals surface area contributed by atoms with Crippen LogP contribution in [0, 0.1) is 0 Å². The predicted molar refractivity (Wildman–Crippen MR) is 83.2 cm³/mol. The van der Waals surface area contributed by atoms with Crippen LogP contribution in [-0.4, -0.2) is 23.4 Å². The average molecular weight is 277 g/mol. The summed E-state index contributed by atoms with van der Waals surface area (Å²) < 4.78 is 0. The van der Waals surface area contributed by atoms with Gasteiger partial charge in [-0.3, -0.25) is 15.1 Å². The van der Waals surface area contributed by atoms with Crippen molar-refractivity contribution in [1.82, 2.24) is 10.3 Å². The van der Waals surface area contributed by atoms with Crippen LogP contribution in [0.2, 0.25) is 0 Å². The SMILES string of the molecule is CCCCCN(Cc1ccccc1C(=O)NN)C(C)C. The highest BCUT2D eigenvalue weighted by atomic mass is 16.2. The van der Waals surface area contributed by atoms with E-state index in [-0.39, 0.29) is 5.91 Å². The highest BCUT2D eigenvalue weighted by Crippen LogP contribution is 2.14. The van der Waals surface area contributed by atoms with Crippen LogP contribution in [-0.2, 0) is 6.54 Å². The van der Waals surface area contributed by atoms with Gasteiger partial charge >= 0.3 is 0 Å². The summed E-state index contributed by atoms with van der Waals surface area (Å²) in [4.78, 5) is 14.2. The third-order valence-electron chi connectivity index (χ3n) is 3.55. The number of nitrogen functional groups attached to an aromatic ring is 1. The third kappa shape index (κ3) is 4.94. The Hall–Kier alpha value is -1.39. The fourth-order valence-corrected chi connectivity index (χ4v) is 2.26. The van der Waals surface area contributed by atoms with Crippen LogP contribution in [0.25, 0.3) is 0 Å². The molecule has 0 radical (unpaired) electrons. The van der Waals surface area contributed by atoms with Crippen LogP contribution in [0.1, 0.15) is 56.0 Å². The number of hydrogen-bond acceptors (Lipinski definition) is 3. The smallest absolute Gasteiger partial charge is 0.265 e. The molecule has 1 aromatic carbocycles. The van der Waals surface area contributed by atoms with Gasteiger partial charge in [-0.2, -0.15) is 0 Å². The molecule has 0 bridgehead atoms.